The van der Waals surface area contributed by atoms with Crippen molar-refractivity contribution < 1.29 is 0 Å². The van der Waals surface area contributed by atoms with Crippen molar-refractivity contribution in [1.82, 2.24) is 14.6 Å². The molecule has 0 aliphatic rings. The maximum Gasteiger partial charge on any atom is 0.154 e. The zero-order chi connectivity index (χ0) is 10.7. The molecule has 94 valence electrons. The van der Waals surface area contributed by atoms with Crippen LogP contribution in [0, 0.1) is 0 Å². The van der Waals surface area contributed by atoms with Gasteiger partial charge in [-0.2, -0.15) is 5.10 Å². The second-order valence-corrected chi connectivity index (χ2v) is 3.63. The topological polar surface area (TPSA) is 56.2 Å². The summed E-state index contributed by atoms with van der Waals surface area (Å²) in [6.45, 7) is 1.99. The highest BCUT2D eigenvalue weighted by Crippen LogP contribution is 2.05. The Morgan fingerprint density at radius 1 is 1.47 bits per heavy atom. The highest BCUT2D eigenvalue weighted by molar-refractivity contribution is 5.85. The van der Waals surface area contributed by atoms with Crippen LogP contribution in [0.25, 0.3) is 11.7 Å². The van der Waals surface area contributed by atoms with Gasteiger partial charge in [-0.15, -0.1) is 24.8 Å². The number of rotatable bonds is 3. The molecule has 2 rings (SSSR count). The van der Waals surface area contributed by atoms with Crippen molar-refractivity contribution in [2.45, 2.75) is 19.4 Å². The molecule has 1 atom stereocenters. The SMILES string of the molecule is C[C@H](N)C/C=C/c1cnn2ccnc2c1.Cl.Cl. The Bertz CT molecular complexity index is 479. The molecule has 0 aliphatic carbocycles. The molecule has 2 aromatic heterocycles. The molecular formula is C11H16Cl2N4. The number of hydrogen-bond acceptors (Lipinski definition) is 3. The van der Waals surface area contributed by atoms with Crippen molar-refractivity contribution in [3.8, 4) is 0 Å². The van der Waals surface area contributed by atoms with E-state index in [4.69, 9.17) is 5.73 Å². The molecule has 0 bridgehead atoms. The van der Waals surface area contributed by atoms with Gasteiger partial charge in [0.2, 0.25) is 0 Å². The molecule has 2 heterocycles. The summed E-state index contributed by atoms with van der Waals surface area (Å²) in [5.41, 5.74) is 7.56. The first-order chi connectivity index (χ1) is 7.25. The summed E-state index contributed by atoms with van der Waals surface area (Å²) in [7, 11) is 0. The molecule has 0 fully saturated rings. The number of halogens is 2. The van der Waals surface area contributed by atoms with Crippen LogP contribution in [0.4, 0.5) is 0 Å². The Morgan fingerprint density at radius 3 is 2.94 bits per heavy atom. The fourth-order valence-corrected chi connectivity index (χ4v) is 1.33. The molecule has 0 saturated carbocycles. The third-order valence-electron chi connectivity index (χ3n) is 2.09. The minimum Gasteiger partial charge on any atom is -0.328 e. The van der Waals surface area contributed by atoms with Gasteiger partial charge < -0.3 is 5.73 Å². The van der Waals surface area contributed by atoms with Gasteiger partial charge in [-0.3, -0.25) is 0 Å². The average molecular weight is 275 g/mol. The van der Waals surface area contributed by atoms with Crippen LogP contribution >= 0.6 is 24.8 Å². The van der Waals surface area contributed by atoms with E-state index in [9.17, 15) is 0 Å². The van der Waals surface area contributed by atoms with E-state index in [0.29, 0.717) is 0 Å². The van der Waals surface area contributed by atoms with E-state index < -0.39 is 0 Å². The number of aromatic nitrogens is 3. The molecule has 0 radical (unpaired) electrons. The van der Waals surface area contributed by atoms with Gasteiger partial charge in [-0.25, -0.2) is 9.50 Å². The third-order valence-corrected chi connectivity index (χ3v) is 2.09. The van der Waals surface area contributed by atoms with Crippen LogP contribution in [0.1, 0.15) is 18.9 Å². The molecule has 2 aromatic rings. The lowest BCUT2D eigenvalue weighted by Gasteiger charge is -1.98. The Kier molecular flexibility index (Phi) is 6.80. The van der Waals surface area contributed by atoms with Crippen molar-refractivity contribution in [3.05, 3.63) is 36.3 Å². The molecular weight excluding hydrogens is 259 g/mol. The molecule has 0 aromatic carbocycles. The van der Waals surface area contributed by atoms with Gasteiger partial charge >= 0.3 is 0 Å². The molecule has 17 heavy (non-hydrogen) atoms. The summed E-state index contributed by atoms with van der Waals surface area (Å²) < 4.78 is 1.74. The van der Waals surface area contributed by atoms with Crippen LogP contribution in [0.5, 0.6) is 0 Å². The van der Waals surface area contributed by atoms with Gasteiger partial charge in [-0.1, -0.05) is 12.2 Å². The zero-order valence-electron chi connectivity index (χ0n) is 9.48. The van der Waals surface area contributed by atoms with E-state index in [1.165, 1.54) is 0 Å². The van der Waals surface area contributed by atoms with Crippen molar-refractivity contribution in [2.75, 3.05) is 0 Å². The second kappa shape index (κ2) is 7.27. The fraction of sp³-hybridized carbons (Fsp3) is 0.273. The Balaban J connectivity index is 0.00000128. The molecule has 0 spiro atoms. The van der Waals surface area contributed by atoms with Crippen LogP contribution in [0.15, 0.2) is 30.7 Å². The van der Waals surface area contributed by atoms with E-state index >= 15 is 0 Å². The van der Waals surface area contributed by atoms with Crippen LogP contribution in [0.2, 0.25) is 0 Å². The normalized spacial score (nSPS) is 12.1. The van der Waals surface area contributed by atoms with Gasteiger partial charge in [0.25, 0.3) is 0 Å². The van der Waals surface area contributed by atoms with Crippen molar-refractivity contribution in [2.24, 2.45) is 5.73 Å². The largest absolute Gasteiger partial charge is 0.328 e. The first-order valence-corrected chi connectivity index (χ1v) is 4.97. The maximum absolute atomic E-state index is 5.65. The Labute approximate surface area is 113 Å². The number of nitrogens with zero attached hydrogens (tertiary/aromatic N) is 3. The molecule has 0 aliphatic heterocycles. The highest BCUT2D eigenvalue weighted by Gasteiger charge is 1.95. The molecule has 6 heteroatoms. The smallest absolute Gasteiger partial charge is 0.154 e. The molecule has 4 nitrogen and oxygen atoms in total. The first kappa shape index (κ1) is 15.9. The van der Waals surface area contributed by atoms with Crippen LogP contribution in [-0.4, -0.2) is 20.6 Å². The minimum atomic E-state index is 0. The summed E-state index contributed by atoms with van der Waals surface area (Å²) in [4.78, 5) is 4.16. The minimum absolute atomic E-state index is 0. The van der Waals surface area contributed by atoms with Crippen LogP contribution in [-0.2, 0) is 0 Å². The predicted octanol–water partition coefficient (Wildman–Crippen LogP) is 2.32. The number of hydrogen-bond donors (Lipinski definition) is 1. The van der Waals surface area contributed by atoms with E-state index in [-0.39, 0.29) is 30.9 Å². The monoisotopic (exact) mass is 274 g/mol. The van der Waals surface area contributed by atoms with E-state index in [2.05, 4.69) is 16.2 Å². The quantitative estimate of drug-likeness (QED) is 0.935. The lowest BCUT2D eigenvalue weighted by molar-refractivity contribution is 0.759. The standard InChI is InChI=1S/C11H14N4.2ClH/c1-9(12)3-2-4-10-7-11-13-5-6-15(11)14-8-10;;/h2,4-9H,3,12H2,1H3;2*1H/b4-2+;;/t9-;;/m0../s1. The zero-order valence-corrected chi connectivity index (χ0v) is 11.1. The number of imidazole rings is 1. The predicted molar refractivity (Wildman–Crippen MR) is 74.8 cm³/mol. The van der Waals surface area contributed by atoms with Crippen LogP contribution < -0.4 is 5.73 Å². The number of nitrogens with two attached hydrogens (primary N) is 1. The molecule has 0 amide bonds. The Morgan fingerprint density at radius 2 is 2.24 bits per heavy atom. The van der Waals surface area contributed by atoms with Gasteiger partial charge in [-0.05, 0) is 25.0 Å². The molecule has 0 saturated heterocycles. The molecule has 0 unspecified atom stereocenters. The summed E-state index contributed by atoms with van der Waals surface area (Å²) in [5, 5.41) is 4.21. The van der Waals surface area contributed by atoms with Crippen molar-refractivity contribution in [3.63, 3.8) is 0 Å². The summed E-state index contributed by atoms with van der Waals surface area (Å²) >= 11 is 0. The Hall–Kier alpha value is -1.10. The van der Waals surface area contributed by atoms with E-state index in [0.717, 1.165) is 17.6 Å². The van der Waals surface area contributed by atoms with Gasteiger partial charge in [0, 0.05) is 18.4 Å². The maximum atomic E-state index is 5.65. The van der Waals surface area contributed by atoms with E-state index in [1.807, 2.05) is 31.5 Å². The van der Waals surface area contributed by atoms with Gasteiger partial charge in [0.15, 0.2) is 5.65 Å². The lowest BCUT2D eigenvalue weighted by atomic mass is 10.2. The van der Waals surface area contributed by atoms with Gasteiger partial charge in [0.1, 0.15) is 0 Å². The van der Waals surface area contributed by atoms with Crippen molar-refractivity contribution >= 4 is 36.5 Å². The summed E-state index contributed by atoms with van der Waals surface area (Å²) in [5.74, 6) is 0. The summed E-state index contributed by atoms with van der Waals surface area (Å²) in [6.07, 6.45) is 10.3. The number of fused-ring (bicyclic) bond motifs is 1. The lowest BCUT2D eigenvalue weighted by Crippen LogP contribution is -2.12. The average Bonchev–Trinajstić information content (AvgIpc) is 2.64. The van der Waals surface area contributed by atoms with Crippen LogP contribution in [0.3, 0.4) is 0 Å². The van der Waals surface area contributed by atoms with E-state index in [1.54, 1.807) is 10.7 Å². The molecule has 2 N–H and O–H groups in total. The fourth-order valence-electron chi connectivity index (χ4n) is 1.33. The third kappa shape index (κ3) is 4.34. The van der Waals surface area contributed by atoms with Crippen molar-refractivity contribution in [1.29, 1.82) is 0 Å². The van der Waals surface area contributed by atoms with Gasteiger partial charge in [0.05, 0.1) is 6.20 Å². The second-order valence-electron chi connectivity index (χ2n) is 3.63. The highest BCUT2D eigenvalue weighted by atomic mass is 35.5. The summed E-state index contributed by atoms with van der Waals surface area (Å²) in [6, 6.07) is 2.19. The first-order valence-electron chi connectivity index (χ1n) is 4.97.